The fourth-order valence-electron chi connectivity index (χ4n) is 4.25. The topological polar surface area (TPSA) is 97.9 Å². The number of aromatic nitrogens is 3. The molecule has 4 N–H and O–H groups in total. The van der Waals surface area contributed by atoms with Gasteiger partial charge in [0.2, 0.25) is 0 Å². The summed E-state index contributed by atoms with van der Waals surface area (Å²) in [5.41, 5.74) is 9.43. The summed E-state index contributed by atoms with van der Waals surface area (Å²) in [6.07, 6.45) is 3.16. The number of allylic oxidation sites excluding steroid dienone is 1. The van der Waals surface area contributed by atoms with Gasteiger partial charge in [0.05, 0.1) is 11.2 Å². The van der Waals surface area contributed by atoms with Crippen LogP contribution in [0, 0.1) is 19.3 Å². The lowest BCUT2D eigenvalue weighted by Crippen LogP contribution is -2.60. The van der Waals surface area contributed by atoms with Crippen molar-refractivity contribution in [3.05, 3.63) is 46.1 Å². The van der Waals surface area contributed by atoms with Crippen LogP contribution in [0.5, 0.6) is 0 Å². The predicted molar refractivity (Wildman–Crippen MR) is 124 cm³/mol. The van der Waals surface area contributed by atoms with E-state index in [0.29, 0.717) is 29.4 Å². The molecule has 30 heavy (non-hydrogen) atoms. The van der Waals surface area contributed by atoms with Crippen molar-refractivity contribution in [1.82, 2.24) is 19.9 Å². The van der Waals surface area contributed by atoms with E-state index in [4.69, 9.17) is 5.73 Å². The quantitative estimate of drug-likeness (QED) is 0.695. The highest BCUT2D eigenvalue weighted by atomic mass is 16.1. The summed E-state index contributed by atoms with van der Waals surface area (Å²) in [4.78, 5) is 22.2. The van der Waals surface area contributed by atoms with Crippen molar-refractivity contribution >= 4 is 22.9 Å². The SMILES string of the molecule is C=C(CC)c1c(C)cc(Nc2ncnc(N)c2C)c(=O)n1C1(C)CNCCC1(C)C. The lowest BCUT2D eigenvalue weighted by Gasteiger charge is -2.50. The number of nitrogens with one attached hydrogen (secondary N) is 2. The third kappa shape index (κ3) is 3.51. The minimum absolute atomic E-state index is 0.0782. The fourth-order valence-corrected chi connectivity index (χ4v) is 4.25. The molecule has 3 rings (SSSR count). The molecule has 162 valence electrons. The second-order valence-corrected chi connectivity index (χ2v) is 9.13. The van der Waals surface area contributed by atoms with Gasteiger partial charge in [-0.3, -0.25) is 9.36 Å². The van der Waals surface area contributed by atoms with Gasteiger partial charge < -0.3 is 16.4 Å². The van der Waals surface area contributed by atoms with Crippen LogP contribution in [0.2, 0.25) is 0 Å². The fraction of sp³-hybridized carbons (Fsp3) is 0.522. The molecular formula is C23H34N6O. The summed E-state index contributed by atoms with van der Waals surface area (Å²) in [5.74, 6) is 0.934. The first-order valence-corrected chi connectivity index (χ1v) is 10.5. The third-order valence-corrected chi connectivity index (χ3v) is 6.88. The van der Waals surface area contributed by atoms with Gasteiger partial charge in [-0.05, 0) is 62.8 Å². The maximum Gasteiger partial charge on any atom is 0.275 e. The van der Waals surface area contributed by atoms with Crippen LogP contribution in [0.4, 0.5) is 17.3 Å². The zero-order valence-corrected chi connectivity index (χ0v) is 19.0. The molecule has 3 heterocycles. The first kappa shape index (κ1) is 22.0. The van der Waals surface area contributed by atoms with Crippen LogP contribution < -0.4 is 21.9 Å². The van der Waals surface area contributed by atoms with Crippen LogP contribution in [0.15, 0.2) is 23.8 Å². The first-order valence-electron chi connectivity index (χ1n) is 10.5. The molecule has 0 saturated carbocycles. The second kappa shape index (κ2) is 7.87. The molecule has 1 unspecified atom stereocenters. The van der Waals surface area contributed by atoms with E-state index in [1.54, 1.807) is 0 Å². The number of aryl methyl sites for hydroxylation is 1. The number of nitrogens with zero attached hydrogens (tertiary/aromatic N) is 3. The normalized spacial score (nSPS) is 20.7. The van der Waals surface area contributed by atoms with Crippen molar-refractivity contribution in [2.24, 2.45) is 5.41 Å². The van der Waals surface area contributed by atoms with E-state index in [-0.39, 0.29) is 11.0 Å². The molecule has 0 aromatic carbocycles. The number of pyridine rings is 1. The maximum absolute atomic E-state index is 13.9. The number of nitrogen functional groups attached to an aromatic ring is 1. The molecule has 1 aliphatic rings. The maximum atomic E-state index is 13.9. The lowest BCUT2D eigenvalue weighted by atomic mass is 9.68. The molecule has 7 heteroatoms. The second-order valence-electron chi connectivity index (χ2n) is 9.13. The minimum Gasteiger partial charge on any atom is -0.383 e. The largest absolute Gasteiger partial charge is 0.383 e. The van der Waals surface area contributed by atoms with Gasteiger partial charge in [-0.25, -0.2) is 9.97 Å². The summed E-state index contributed by atoms with van der Waals surface area (Å²) >= 11 is 0. The van der Waals surface area contributed by atoms with Gasteiger partial charge in [0.1, 0.15) is 23.7 Å². The molecule has 2 aromatic heterocycles. The van der Waals surface area contributed by atoms with Crippen molar-refractivity contribution in [2.75, 3.05) is 24.1 Å². The highest BCUT2D eigenvalue weighted by Crippen LogP contribution is 2.43. The van der Waals surface area contributed by atoms with Crippen LogP contribution in [0.25, 0.3) is 5.57 Å². The number of piperidine rings is 1. The van der Waals surface area contributed by atoms with Gasteiger partial charge >= 0.3 is 0 Å². The molecule has 0 radical (unpaired) electrons. The predicted octanol–water partition coefficient (Wildman–Crippen LogP) is 3.74. The van der Waals surface area contributed by atoms with E-state index in [9.17, 15) is 4.79 Å². The van der Waals surface area contributed by atoms with Gasteiger partial charge in [0.25, 0.3) is 5.56 Å². The van der Waals surface area contributed by atoms with E-state index in [2.05, 4.69) is 54.9 Å². The van der Waals surface area contributed by atoms with Gasteiger partial charge in [0.15, 0.2) is 0 Å². The standard InChI is InChI=1S/C23H34N6O/c1-8-14(2)18-15(3)11-17(28-20-16(4)19(24)26-13-27-20)21(30)29(18)23(7)12-25-10-9-22(23,5)6/h11,13,25H,2,8-10,12H2,1,3-7H3,(H3,24,26,27,28). The number of hydrogen-bond donors (Lipinski definition) is 3. The van der Waals surface area contributed by atoms with Gasteiger partial charge in [-0.15, -0.1) is 0 Å². The summed E-state index contributed by atoms with van der Waals surface area (Å²) < 4.78 is 1.96. The Balaban J connectivity index is 2.27. The van der Waals surface area contributed by atoms with Crippen LogP contribution in [0.1, 0.15) is 57.4 Å². The van der Waals surface area contributed by atoms with E-state index in [1.807, 2.05) is 24.5 Å². The summed E-state index contributed by atoms with van der Waals surface area (Å²) in [7, 11) is 0. The van der Waals surface area contributed by atoms with E-state index in [0.717, 1.165) is 36.2 Å². The third-order valence-electron chi connectivity index (χ3n) is 6.88. The Morgan fingerprint density at radius 3 is 2.67 bits per heavy atom. The Hall–Kier alpha value is -2.67. The highest BCUT2D eigenvalue weighted by Gasteiger charge is 2.46. The van der Waals surface area contributed by atoms with E-state index in [1.165, 1.54) is 6.33 Å². The van der Waals surface area contributed by atoms with Crippen LogP contribution in [-0.4, -0.2) is 27.6 Å². The Kier molecular flexibility index (Phi) is 5.78. The number of hydrogen-bond acceptors (Lipinski definition) is 6. The zero-order valence-electron chi connectivity index (χ0n) is 19.0. The monoisotopic (exact) mass is 410 g/mol. The average molecular weight is 411 g/mol. The highest BCUT2D eigenvalue weighted by molar-refractivity contribution is 5.69. The molecule has 0 aliphatic carbocycles. The van der Waals surface area contributed by atoms with Crippen molar-refractivity contribution in [3.8, 4) is 0 Å². The molecule has 2 aromatic rings. The number of rotatable bonds is 5. The van der Waals surface area contributed by atoms with Crippen molar-refractivity contribution in [3.63, 3.8) is 0 Å². The molecular weight excluding hydrogens is 376 g/mol. The smallest absolute Gasteiger partial charge is 0.275 e. The number of anilines is 3. The lowest BCUT2D eigenvalue weighted by molar-refractivity contribution is 0.0548. The van der Waals surface area contributed by atoms with Crippen LogP contribution >= 0.6 is 0 Å². The molecule has 0 spiro atoms. The Bertz CT molecular complexity index is 1040. The molecule has 1 fully saturated rings. The average Bonchev–Trinajstić information content (AvgIpc) is 2.69. The zero-order chi connectivity index (χ0) is 22.3. The van der Waals surface area contributed by atoms with Crippen molar-refractivity contribution < 1.29 is 0 Å². The molecule has 7 nitrogen and oxygen atoms in total. The summed E-state index contributed by atoms with van der Waals surface area (Å²) in [6.45, 7) is 18.5. The van der Waals surface area contributed by atoms with Crippen LogP contribution in [-0.2, 0) is 5.54 Å². The number of nitrogens with two attached hydrogens (primary N) is 1. The van der Waals surface area contributed by atoms with E-state index < -0.39 is 5.54 Å². The molecule has 1 atom stereocenters. The van der Waals surface area contributed by atoms with Gasteiger partial charge in [-0.2, -0.15) is 0 Å². The molecule has 0 amide bonds. The van der Waals surface area contributed by atoms with Crippen LogP contribution in [0.3, 0.4) is 0 Å². The minimum atomic E-state index is -0.419. The summed E-state index contributed by atoms with van der Waals surface area (Å²) in [5, 5.41) is 6.71. The Morgan fingerprint density at radius 2 is 2.03 bits per heavy atom. The van der Waals surface area contributed by atoms with Gasteiger partial charge in [-0.1, -0.05) is 27.4 Å². The van der Waals surface area contributed by atoms with Crippen molar-refractivity contribution in [2.45, 2.75) is 59.9 Å². The summed E-state index contributed by atoms with van der Waals surface area (Å²) in [6, 6.07) is 1.89. The Labute approximate surface area is 178 Å². The first-order chi connectivity index (χ1) is 14.0. The van der Waals surface area contributed by atoms with Crippen molar-refractivity contribution in [1.29, 1.82) is 0 Å². The Morgan fingerprint density at radius 1 is 1.33 bits per heavy atom. The molecule has 0 bridgehead atoms. The molecule has 1 saturated heterocycles. The van der Waals surface area contributed by atoms with Gasteiger partial charge in [0, 0.05) is 12.1 Å². The molecule has 1 aliphatic heterocycles. The van der Waals surface area contributed by atoms with E-state index >= 15 is 0 Å².